The summed E-state index contributed by atoms with van der Waals surface area (Å²) in [7, 11) is 0. The first-order valence-electron chi connectivity index (χ1n) is 6.95. The smallest absolute Gasteiger partial charge is 0.311 e. The van der Waals surface area contributed by atoms with Crippen LogP contribution in [0.2, 0.25) is 0 Å². The van der Waals surface area contributed by atoms with E-state index in [1.54, 1.807) is 24.3 Å². The molecule has 0 fully saturated rings. The van der Waals surface area contributed by atoms with Crippen LogP contribution in [0.3, 0.4) is 0 Å². The second-order valence-corrected chi connectivity index (χ2v) is 5.82. The highest BCUT2D eigenvalue weighted by molar-refractivity contribution is 9.10. The van der Waals surface area contributed by atoms with Crippen molar-refractivity contribution in [3.05, 3.63) is 64.4 Å². The molecule has 2 aromatic rings. The molecule has 0 saturated carbocycles. The van der Waals surface area contributed by atoms with Gasteiger partial charge < -0.3 is 10.1 Å². The highest BCUT2D eigenvalue weighted by atomic mass is 79.9. The summed E-state index contributed by atoms with van der Waals surface area (Å²) in [5.74, 6) is -1.59. The molecule has 1 amide bonds. The largest absolute Gasteiger partial charge is 0.452 e. The summed E-state index contributed by atoms with van der Waals surface area (Å²) in [6.45, 7) is 1.46. The summed E-state index contributed by atoms with van der Waals surface area (Å²) in [5.41, 5.74) is 0.818. The minimum Gasteiger partial charge on any atom is -0.452 e. The zero-order valence-corrected chi connectivity index (χ0v) is 14.0. The van der Waals surface area contributed by atoms with E-state index in [1.165, 1.54) is 25.1 Å². The molecule has 0 bridgehead atoms. The maximum Gasteiger partial charge on any atom is 0.311 e. The summed E-state index contributed by atoms with van der Waals surface area (Å²) in [6.07, 6.45) is -1.20. The second kappa shape index (κ2) is 7.87. The van der Waals surface area contributed by atoms with Crippen LogP contribution in [-0.2, 0) is 20.7 Å². The van der Waals surface area contributed by atoms with Crippen molar-refractivity contribution in [3.63, 3.8) is 0 Å². The summed E-state index contributed by atoms with van der Waals surface area (Å²) in [5, 5.41) is 2.64. The molecule has 120 valence electrons. The number of nitrogens with one attached hydrogen (secondary N) is 1. The number of hydrogen-bond donors (Lipinski definition) is 1. The third kappa shape index (κ3) is 5.17. The topological polar surface area (TPSA) is 55.4 Å². The SMILES string of the molecule is C[C@@H](OC(=O)Cc1ccccc1F)C(=O)Nc1cccc(Br)c1. The lowest BCUT2D eigenvalue weighted by atomic mass is 10.1. The number of carbonyl (C=O) groups excluding carboxylic acids is 2. The van der Waals surface area contributed by atoms with Gasteiger partial charge in [-0.1, -0.05) is 40.2 Å². The van der Waals surface area contributed by atoms with E-state index in [-0.39, 0.29) is 12.0 Å². The maximum absolute atomic E-state index is 13.5. The minimum absolute atomic E-state index is 0.221. The predicted octanol–water partition coefficient (Wildman–Crippen LogP) is 3.70. The van der Waals surface area contributed by atoms with E-state index < -0.39 is 23.8 Å². The van der Waals surface area contributed by atoms with Crippen LogP contribution in [-0.4, -0.2) is 18.0 Å². The van der Waals surface area contributed by atoms with E-state index in [0.29, 0.717) is 5.69 Å². The Hall–Kier alpha value is -2.21. The molecule has 2 rings (SSSR count). The predicted molar refractivity (Wildman–Crippen MR) is 88.4 cm³/mol. The van der Waals surface area contributed by atoms with E-state index in [1.807, 2.05) is 6.07 Å². The number of carbonyl (C=O) groups is 2. The van der Waals surface area contributed by atoms with Crippen LogP contribution in [0.5, 0.6) is 0 Å². The summed E-state index contributed by atoms with van der Waals surface area (Å²) < 4.78 is 19.3. The molecule has 0 aliphatic carbocycles. The molecule has 0 aliphatic rings. The number of ether oxygens (including phenoxy) is 1. The van der Waals surface area contributed by atoms with Crippen molar-refractivity contribution in [2.45, 2.75) is 19.4 Å². The van der Waals surface area contributed by atoms with Crippen LogP contribution >= 0.6 is 15.9 Å². The van der Waals surface area contributed by atoms with E-state index in [9.17, 15) is 14.0 Å². The van der Waals surface area contributed by atoms with Gasteiger partial charge in [0.15, 0.2) is 6.10 Å². The average Bonchev–Trinajstić information content (AvgIpc) is 2.49. The maximum atomic E-state index is 13.5. The Bertz CT molecular complexity index is 720. The molecule has 0 heterocycles. The highest BCUT2D eigenvalue weighted by Crippen LogP contribution is 2.16. The van der Waals surface area contributed by atoms with Gasteiger partial charge in [-0.2, -0.15) is 0 Å². The molecule has 1 N–H and O–H groups in total. The normalized spacial score (nSPS) is 11.6. The zero-order chi connectivity index (χ0) is 16.8. The van der Waals surface area contributed by atoms with Crippen molar-refractivity contribution in [1.82, 2.24) is 0 Å². The van der Waals surface area contributed by atoms with Gasteiger partial charge in [0.25, 0.3) is 5.91 Å². The first-order valence-corrected chi connectivity index (χ1v) is 7.74. The van der Waals surface area contributed by atoms with Crippen LogP contribution in [0, 0.1) is 5.82 Å². The van der Waals surface area contributed by atoms with Crippen molar-refractivity contribution >= 4 is 33.5 Å². The molecule has 4 nitrogen and oxygen atoms in total. The van der Waals surface area contributed by atoms with Gasteiger partial charge in [0, 0.05) is 10.2 Å². The van der Waals surface area contributed by atoms with Crippen LogP contribution < -0.4 is 5.32 Å². The van der Waals surface area contributed by atoms with Gasteiger partial charge in [-0.25, -0.2) is 4.39 Å². The van der Waals surface area contributed by atoms with Gasteiger partial charge in [0.2, 0.25) is 0 Å². The van der Waals surface area contributed by atoms with E-state index >= 15 is 0 Å². The minimum atomic E-state index is -0.978. The molecular formula is C17H15BrFNO3. The molecular weight excluding hydrogens is 365 g/mol. The molecule has 0 spiro atoms. The Morgan fingerprint density at radius 3 is 2.65 bits per heavy atom. The third-order valence-corrected chi connectivity index (χ3v) is 3.56. The molecule has 23 heavy (non-hydrogen) atoms. The number of halogens is 2. The Kier molecular flexibility index (Phi) is 5.87. The third-order valence-electron chi connectivity index (χ3n) is 3.06. The average molecular weight is 380 g/mol. The molecule has 0 radical (unpaired) electrons. The number of benzene rings is 2. The van der Waals surface area contributed by atoms with Crippen LogP contribution in [0.1, 0.15) is 12.5 Å². The summed E-state index contributed by atoms with van der Waals surface area (Å²) in [4.78, 5) is 23.8. The summed E-state index contributed by atoms with van der Waals surface area (Å²) >= 11 is 3.30. The zero-order valence-electron chi connectivity index (χ0n) is 12.4. The molecule has 6 heteroatoms. The van der Waals surface area contributed by atoms with Crippen molar-refractivity contribution < 1.29 is 18.7 Å². The monoisotopic (exact) mass is 379 g/mol. The molecule has 0 saturated heterocycles. The fraction of sp³-hybridized carbons (Fsp3) is 0.176. The number of rotatable bonds is 5. The van der Waals surface area contributed by atoms with Gasteiger partial charge in [-0.15, -0.1) is 0 Å². The molecule has 2 aromatic carbocycles. The van der Waals surface area contributed by atoms with E-state index in [4.69, 9.17) is 4.74 Å². The lowest BCUT2D eigenvalue weighted by Crippen LogP contribution is -2.30. The van der Waals surface area contributed by atoms with Gasteiger partial charge in [0.1, 0.15) is 5.82 Å². The van der Waals surface area contributed by atoms with Gasteiger partial charge in [0.05, 0.1) is 6.42 Å². The van der Waals surface area contributed by atoms with Crippen molar-refractivity contribution in [3.8, 4) is 0 Å². The highest BCUT2D eigenvalue weighted by Gasteiger charge is 2.19. The Morgan fingerprint density at radius 1 is 1.22 bits per heavy atom. The van der Waals surface area contributed by atoms with Gasteiger partial charge in [-0.3, -0.25) is 9.59 Å². The Labute approximate surface area is 141 Å². The van der Waals surface area contributed by atoms with E-state index in [0.717, 1.165) is 4.47 Å². The lowest BCUT2D eigenvalue weighted by Gasteiger charge is -2.14. The molecule has 0 aliphatic heterocycles. The van der Waals surface area contributed by atoms with Crippen LogP contribution in [0.25, 0.3) is 0 Å². The fourth-order valence-corrected chi connectivity index (χ4v) is 2.30. The quantitative estimate of drug-likeness (QED) is 0.805. The molecule has 0 aromatic heterocycles. The van der Waals surface area contributed by atoms with E-state index in [2.05, 4.69) is 21.2 Å². The van der Waals surface area contributed by atoms with Crippen LogP contribution in [0.15, 0.2) is 53.0 Å². The summed E-state index contributed by atoms with van der Waals surface area (Å²) in [6, 6.07) is 13.0. The first-order chi connectivity index (χ1) is 11.0. The second-order valence-electron chi connectivity index (χ2n) is 4.90. The van der Waals surface area contributed by atoms with Crippen molar-refractivity contribution in [2.24, 2.45) is 0 Å². The molecule has 0 unspecified atom stereocenters. The Balaban J connectivity index is 1.90. The fourth-order valence-electron chi connectivity index (χ4n) is 1.90. The van der Waals surface area contributed by atoms with Crippen molar-refractivity contribution in [2.75, 3.05) is 5.32 Å². The first kappa shape index (κ1) is 17.1. The Morgan fingerprint density at radius 2 is 1.96 bits per heavy atom. The van der Waals surface area contributed by atoms with Gasteiger partial charge in [-0.05, 0) is 36.8 Å². The number of amides is 1. The lowest BCUT2D eigenvalue weighted by molar-refractivity contribution is -0.152. The standard InChI is InChI=1S/C17H15BrFNO3/c1-11(17(22)20-14-7-4-6-13(18)10-14)23-16(21)9-12-5-2-3-8-15(12)19/h2-8,10-11H,9H2,1H3,(H,20,22)/t11-/m1/s1. The number of esters is 1. The van der Waals surface area contributed by atoms with Crippen molar-refractivity contribution in [1.29, 1.82) is 0 Å². The number of hydrogen-bond acceptors (Lipinski definition) is 3. The van der Waals surface area contributed by atoms with Crippen LogP contribution in [0.4, 0.5) is 10.1 Å². The van der Waals surface area contributed by atoms with Gasteiger partial charge >= 0.3 is 5.97 Å². The number of anilines is 1. The molecule has 1 atom stereocenters.